The van der Waals surface area contributed by atoms with Gasteiger partial charge >= 0.3 is 5.97 Å². The molecule has 170 valence electrons. The van der Waals surface area contributed by atoms with Gasteiger partial charge in [-0.15, -0.1) is 0 Å². The molecule has 4 rings (SSSR count). The highest BCUT2D eigenvalue weighted by atomic mass is 35.5. The number of nitrogens with zero attached hydrogens (tertiary/aromatic N) is 6. The summed E-state index contributed by atoms with van der Waals surface area (Å²) in [4.78, 5) is 25.2. The molecule has 8 nitrogen and oxygen atoms in total. The molecule has 0 atom stereocenters. The smallest absolute Gasteiger partial charge is 0.306 e. The second-order valence-corrected chi connectivity index (χ2v) is 8.15. The first kappa shape index (κ1) is 22.4. The molecular weight excluding hydrogens is 435 g/mol. The third kappa shape index (κ3) is 4.68. The molecule has 1 fully saturated rings. The van der Waals surface area contributed by atoms with Crippen LogP contribution in [-0.4, -0.2) is 63.2 Å². The van der Waals surface area contributed by atoms with Crippen molar-refractivity contribution in [3.05, 3.63) is 52.2 Å². The van der Waals surface area contributed by atoms with E-state index in [-0.39, 0.29) is 18.2 Å². The summed E-state index contributed by atoms with van der Waals surface area (Å²) >= 11 is 6.21. The van der Waals surface area contributed by atoms with Crippen LogP contribution >= 0.6 is 11.6 Å². The number of anilines is 1. The highest BCUT2D eigenvalue weighted by Gasteiger charge is 2.25. The van der Waals surface area contributed by atoms with Crippen LogP contribution in [-0.2, 0) is 22.5 Å². The van der Waals surface area contributed by atoms with Gasteiger partial charge in [-0.3, -0.25) is 9.69 Å². The second-order valence-electron chi connectivity index (χ2n) is 7.74. The summed E-state index contributed by atoms with van der Waals surface area (Å²) in [6.07, 6.45) is 2.26. The molecule has 0 saturated carbocycles. The Morgan fingerprint density at radius 1 is 1.22 bits per heavy atom. The van der Waals surface area contributed by atoms with Crippen LogP contribution in [0.5, 0.6) is 0 Å². The van der Waals surface area contributed by atoms with E-state index in [9.17, 15) is 9.18 Å². The number of aromatic nitrogens is 4. The standard InChI is InChI=1S/C22H26ClFN6O2/c1-3-32-20(31)8-7-16-15(2)27-22-25-14-26-30(22)21(16)29-11-9-28(10-12-29)13-17-18(23)5-4-6-19(17)24/h4-6,14H,3,7-13H2,1-2H3. The molecule has 0 N–H and O–H groups in total. The van der Waals surface area contributed by atoms with Gasteiger partial charge in [0.2, 0.25) is 0 Å². The average Bonchev–Trinajstić information content (AvgIpc) is 3.23. The van der Waals surface area contributed by atoms with Crippen molar-refractivity contribution in [2.75, 3.05) is 37.7 Å². The van der Waals surface area contributed by atoms with Crippen molar-refractivity contribution in [2.45, 2.75) is 33.2 Å². The van der Waals surface area contributed by atoms with Gasteiger partial charge in [0.25, 0.3) is 5.78 Å². The lowest BCUT2D eigenvalue weighted by Gasteiger charge is -2.37. The number of piperazine rings is 1. The Bertz CT molecular complexity index is 1090. The van der Waals surface area contributed by atoms with E-state index in [0.717, 1.165) is 43.3 Å². The van der Waals surface area contributed by atoms with Crippen LogP contribution in [0, 0.1) is 12.7 Å². The summed E-state index contributed by atoms with van der Waals surface area (Å²) < 4.78 is 21.0. The lowest BCUT2D eigenvalue weighted by atomic mass is 10.1. The molecule has 0 amide bonds. The zero-order chi connectivity index (χ0) is 22.7. The molecule has 1 aliphatic heterocycles. The Kier molecular flexibility index (Phi) is 6.86. The Morgan fingerprint density at radius 3 is 2.72 bits per heavy atom. The molecule has 3 heterocycles. The van der Waals surface area contributed by atoms with E-state index >= 15 is 0 Å². The van der Waals surface area contributed by atoms with Crippen LogP contribution < -0.4 is 4.90 Å². The zero-order valence-electron chi connectivity index (χ0n) is 18.2. The lowest BCUT2D eigenvalue weighted by molar-refractivity contribution is -0.143. The largest absolute Gasteiger partial charge is 0.466 e. The van der Waals surface area contributed by atoms with Crippen molar-refractivity contribution in [1.82, 2.24) is 24.5 Å². The third-order valence-corrected chi connectivity index (χ3v) is 6.06. The molecule has 0 unspecified atom stereocenters. The topological polar surface area (TPSA) is 75.9 Å². The molecule has 32 heavy (non-hydrogen) atoms. The molecule has 0 radical (unpaired) electrons. The van der Waals surface area contributed by atoms with Crippen LogP contribution in [0.1, 0.15) is 30.2 Å². The van der Waals surface area contributed by atoms with Gasteiger partial charge in [-0.1, -0.05) is 17.7 Å². The van der Waals surface area contributed by atoms with E-state index < -0.39 is 0 Å². The Hall–Kier alpha value is -2.78. The molecular formula is C22H26ClFN6O2. The number of esters is 1. The fourth-order valence-electron chi connectivity index (χ4n) is 4.07. The van der Waals surface area contributed by atoms with Gasteiger partial charge in [0.1, 0.15) is 18.0 Å². The maximum absolute atomic E-state index is 14.2. The van der Waals surface area contributed by atoms with Crippen LogP contribution in [0.25, 0.3) is 5.78 Å². The highest BCUT2D eigenvalue weighted by molar-refractivity contribution is 6.31. The predicted molar refractivity (Wildman–Crippen MR) is 119 cm³/mol. The number of carbonyl (C=O) groups is 1. The Labute approximate surface area is 191 Å². The minimum atomic E-state index is -0.282. The highest BCUT2D eigenvalue weighted by Crippen LogP contribution is 2.27. The summed E-state index contributed by atoms with van der Waals surface area (Å²) in [7, 11) is 0. The van der Waals surface area contributed by atoms with E-state index in [4.69, 9.17) is 16.3 Å². The van der Waals surface area contributed by atoms with Gasteiger partial charge in [0, 0.05) is 61.0 Å². The van der Waals surface area contributed by atoms with Crippen molar-refractivity contribution < 1.29 is 13.9 Å². The van der Waals surface area contributed by atoms with Crippen LogP contribution in [0.2, 0.25) is 5.02 Å². The minimum absolute atomic E-state index is 0.233. The first-order valence-electron chi connectivity index (χ1n) is 10.7. The summed E-state index contributed by atoms with van der Waals surface area (Å²) in [6, 6.07) is 4.77. The fourth-order valence-corrected chi connectivity index (χ4v) is 4.29. The fraction of sp³-hybridized carbons (Fsp3) is 0.455. The molecule has 0 bridgehead atoms. The van der Waals surface area contributed by atoms with E-state index in [0.29, 0.717) is 35.9 Å². The minimum Gasteiger partial charge on any atom is -0.466 e. The van der Waals surface area contributed by atoms with Gasteiger partial charge in [-0.2, -0.15) is 14.6 Å². The molecule has 10 heteroatoms. The number of hydrogen-bond acceptors (Lipinski definition) is 7. The van der Waals surface area contributed by atoms with Gasteiger partial charge in [0.05, 0.1) is 6.61 Å². The average molecular weight is 461 g/mol. The first-order valence-corrected chi connectivity index (χ1v) is 11.1. The molecule has 0 spiro atoms. The quantitative estimate of drug-likeness (QED) is 0.501. The van der Waals surface area contributed by atoms with E-state index in [2.05, 4.69) is 24.9 Å². The Balaban J connectivity index is 1.54. The maximum Gasteiger partial charge on any atom is 0.306 e. The molecule has 0 aliphatic carbocycles. The molecule has 2 aromatic heterocycles. The number of halogens is 2. The van der Waals surface area contributed by atoms with Gasteiger partial charge in [-0.25, -0.2) is 9.37 Å². The van der Waals surface area contributed by atoms with Crippen molar-refractivity contribution >= 4 is 29.2 Å². The number of hydrogen-bond donors (Lipinski definition) is 0. The lowest BCUT2D eigenvalue weighted by Crippen LogP contribution is -2.47. The van der Waals surface area contributed by atoms with Gasteiger partial charge in [-0.05, 0) is 32.4 Å². The SMILES string of the molecule is CCOC(=O)CCc1c(C)nc2ncnn2c1N1CCN(Cc2c(F)cccc2Cl)CC1. The zero-order valence-corrected chi connectivity index (χ0v) is 19.0. The molecule has 1 saturated heterocycles. The number of benzene rings is 1. The van der Waals surface area contributed by atoms with Crippen molar-refractivity contribution in [3.63, 3.8) is 0 Å². The summed E-state index contributed by atoms with van der Waals surface area (Å²) in [5.74, 6) is 0.911. The molecule has 1 aliphatic rings. The summed E-state index contributed by atoms with van der Waals surface area (Å²) in [6.45, 7) is 7.45. The second kappa shape index (κ2) is 9.79. The number of fused-ring (bicyclic) bond motifs is 1. The van der Waals surface area contributed by atoms with Crippen molar-refractivity contribution in [2.24, 2.45) is 0 Å². The van der Waals surface area contributed by atoms with Crippen LogP contribution in [0.15, 0.2) is 24.5 Å². The number of aryl methyl sites for hydroxylation is 1. The third-order valence-electron chi connectivity index (χ3n) is 5.70. The molecule has 3 aromatic rings. The van der Waals surface area contributed by atoms with Crippen LogP contribution in [0.4, 0.5) is 10.2 Å². The van der Waals surface area contributed by atoms with Crippen molar-refractivity contribution in [1.29, 1.82) is 0 Å². The summed E-state index contributed by atoms with van der Waals surface area (Å²) in [5, 5.41) is 4.82. The molecule has 1 aromatic carbocycles. The number of ether oxygens (including phenoxy) is 1. The van der Waals surface area contributed by atoms with Crippen molar-refractivity contribution in [3.8, 4) is 0 Å². The Morgan fingerprint density at radius 2 is 2.00 bits per heavy atom. The van der Waals surface area contributed by atoms with Crippen LogP contribution in [0.3, 0.4) is 0 Å². The number of carbonyl (C=O) groups excluding carboxylic acids is 1. The predicted octanol–water partition coefficient (Wildman–Crippen LogP) is 3.04. The van der Waals surface area contributed by atoms with E-state index in [1.165, 1.54) is 12.4 Å². The normalized spacial score (nSPS) is 14.8. The first-order chi connectivity index (χ1) is 15.5. The van der Waals surface area contributed by atoms with E-state index in [1.54, 1.807) is 23.6 Å². The summed E-state index contributed by atoms with van der Waals surface area (Å²) in [5.41, 5.74) is 2.31. The van der Waals surface area contributed by atoms with Gasteiger partial charge in [0.15, 0.2) is 0 Å². The maximum atomic E-state index is 14.2. The monoisotopic (exact) mass is 460 g/mol. The van der Waals surface area contributed by atoms with Gasteiger partial charge < -0.3 is 9.64 Å². The number of rotatable bonds is 7. The van der Waals surface area contributed by atoms with E-state index in [1.807, 2.05) is 6.92 Å².